The van der Waals surface area contributed by atoms with Gasteiger partial charge in [0.1, 0.15) is 11.5 Å². The molecule has 33 heavy (non-hydrogen) atoms. The van der Waals surface area contributed by atoms with Crippen molar-refractivity contribution in [3.63, 3.8) is 0 Å². The lowest BCUT2D eigenvalue weighted by Crippen LogP contribution is -2.10. The van der Waals surface area contributed by atoms with E-state index in [4.69, 9.17) is 9.47 Å². The Labute approximate surface area is 192 Å². The molecule has 1 aromatic heterocycles. The average molecular weight is 464 g/mol. The summed E-state index contributed by atoms with van der Waals surface area (Å²) in [5.74, 6) is 1.87. The van der Waals surface area contributed by atoms with Gasteiger partial charge < -0.3 is 20.1 Å². The summed E-state index contributed by atoms with van der Waals surface area (Å²) in [5, 5.41) is 5.76. The first kappa shape index (κ1) is 22.0. The molecule has 1 unspecified atom stereocenters. The largest absolute Gasteiger partial charge is 0.497 e. The second kappa shape index (κ2) is 9.96. The standard InChI is InChI=1S/C23H21N5O4S/c1-31-17-10-16(11-18(13-17)32-2)25-22-23(27-21-9-4-3-8-20(21)26-22)28-33(30)19-7-5-6-15(12-19)24-14-29/h3-14H,1-2H3,(H,24,29)(H,25,26)(H,27,28). The van der Waals surface area contributed by atoms with Gasteiger partial charge in [-0.05, 0) is 30.3 Å². The Kier molecular flexibility index (Phi) is 6.65. The molecule has 0 aliphatic carbocycles. The summed E-state index contributed by atoms with van der Waals surface area (Å²) < 4.78 is 26.7. The van der Waals surface area contributed by atoms with E-state index >= 15 is 0 Å². The molecule has 0 spiro atoms. The summed E-state index contributed by atoms with van der Waals surface area (Å²) in [7, 11) is 1.47. The van der Waals surface area contributed by atoms with Gasteiger partial charge in [-0.3, -0.25) is 9.52 Å². The monoisotopic (exact) mass is 463 g/mol. The van der Waals surface area contributed by atoms with Gasteiger partial charge in [0.15, 0.2) is 22.6 Å². The van der Waals surface area contributed by atoms with Crippen LogP contribution in [-0.4, -0.2) is 34.8 Å². The first-order valence-electron chi connectivity index (χ1n) is 9.85. The van der Waals surface area contributed by atoms with Gasteiger partial charge in [-0.25, -0.2) is 14.2 Å². The molecule has 0 radical (unpaired) electrons. The topological polar surface area (TPSA) is 114 Å². The van der Waals surface area contributed by atoms with Gasteiger partial charge in [-0.2, -0.15) is 0 Å². The summed E-state index contributed by atoms with van der Waals surface area (Å²) in [5.41, 5.74) is 2.50. The average Bonchev–Trinajstić information content (AvgIpc) is 2.84. The van der Waals surface area contributed by atoms with Gasteiger partial charge in [-0.1, -0.05) is 18.2 Å². The third kappa shape index (κ3) is 5.18. The maximum absolute atomic E-state index is 13.1. The van der Waals surface area contributed by atoms with E-state index in [0.29, 0.717) is 56.8 Å². The van der Waals surface area contributed by atoms with E-state index < -0.39 is 11.0 Å². The number of aromatic nitrogens is 2. The predicted molar refractivity (Wildman–Crippen MR) is 129 cm³/mol. The molecule has 0 aliphatic rings. The number of carbonyl (C=O) groups is 1. The fourth-order valence-electron chi connectivity index (χ4n) is 3.09. The minimum Gasteiger partial charge on any atom is -0.497 e. The number of fused-ring (bicyclic) bond motifs is 1. The SMILES string of the molecule is COc1cc(Nc2nc3ccccc3nc2NS(=O)c2cccc(NC=O)c2)cc(OC)c1. The summed E-state index contributed by atoms with van der Waals surface area (Å²) in [6.07, 6.45) is 0.564. The number of hydrogen-bond donors (Lipinski definition) is 3. The molecule has 10 heteroatoms. The third-order valence-corrected chi connectivity index (χ3v) is 5.71. The fourth-order valence-corrected chi connectivity index (χ4v) is 3.96. The van der Waals surface area contributed by atoms with Crippen LogP contribution in [0.4, 0.5) is 23.0 Å². The zero-order chi connectivity index (χ0) is 23.2. The highest BCUT2D eigenvalue weighted by Gasteiger charge is 2.14. The molecule has 3 aromatic carbocycles. The number of rotatable bonds is 9. The molecule has 0 bridgehead atoms. The number of anilines is 4. The molecule has 4 rings (SSSR count). The fraction of sp³-hybridized carbons (Fsp3) is 0.0870. The smallest absolute Gasteiger partial charge is 0.211 e. The summed E-state index contributed by atoms with van der Waals surface area (Å²) in [6, 6.07) is 19.4. The van der Waals surface area contributed by atoms with Crippen LogP contribution < -0.4 is 24.8 Å². The lowest BCUT2D eigenvalue weighted by atomic mass is 10.2. The molecular formula is C23H21N5O4S. The van der Waals surface area contributed by atoms with Crippen LogP contribution in [0.3, 0.4) is 0 Å². The highest BCUT2D eigenvalue weighted by atomic mass is 32.2. The number of nitrogens with one attached hydrogen (secondary N) is 3. The quantitative estimate of drug-likeness (QED) is 0.320. The minimum atomic E-state index is -1.67. The van der Waals surface area contributed by atoms with Crippen LogP contribution in [0.25, 0.3) is 11.0 Å². The molecule has 1 atom stereocenters. The van der Waals surface area contributed by atoms with Gasteiger partial charge in [0.25, 0.3) is 0 Å². The number of benzene rings is 3. The van der Waals surface area contributed by atoms with Crippen LogP contribution in [0.15, 0.2) is 71.6 Å². The third-order valence-electron chi connectivity index (χ3n) is 4.65. The number of nitrogens with zero attached hydrogens (tertiary/aromatic N) is 2. The zero-order valence-electron chi connectivity index (χ0n) is 17.9. The maximum Gasteiger partial charge on any atom is 0.211 e. The van der Waals surface area contributed by atoms with E-state index in [0.717, 1.165) is 0 Å². The van der Waals surface area contributed by atoms with Crippen molar-refractivity contribution < 1.29 is 18.5 Å². The van der Waals surface area contributed by atoms with Crippen molar-refractivity contribution in [3.8, 4) is 11.5 Å². The van der Waals surface area contributed by atoms with Crippen LogP contribution in [0.1, 0.15) is 0 Å². The van der Waals surface area contributed by atoms with Gasteiger partial charge in [0.05, 0.1) is 30.1 Å². The van der Waals surface area contributed by atoms with Crippen LogP contribution in [0.2, 0.25) is 0 Å². The predicted octanol–water partition coefficient (Wildman–Crippen LogP) is 4.09. The van der Waals surface area contributed by atoms with Crippen LogP contribution >= 0.6 is 0 Å². The Bertz CT molecular complexity index is 1310. The van der Waals surface area contributed by atoms with Crippen molar-refractivity contribution in [1.82, 2.24) is 9.97 Å². The van der Waals surface area contributed by atoms with Gasteiger partial charge >= 0.3 is 0 Å². The van der Waals surface area contributed by atoms with E-state index in [-0.39, 0.29) is 0 Å². The first-order chi connectivity index (χ1) is 16.1. The second-order valence-electron chi connectivity index (χ2n) is 6.80. The van der Waals surface area contributed by atoms with Crippen LogP contribution in [-0.2, 0) is 15.8 Å². The number of ether oxygens (including phenoxy) is 2. The summed E-state index contributed by atoms with van der Waals surface area (Å²) in [4.78, 5) is 20.5. The Morgan fingerprint density at radius 3 is 2.12 bits per heavy atom. The van der Waals surface area contributed by atoms with E-state index in [1.165, 1.54) is 0 Å². The molecule has 1 amide bonds. The molecule has 0 saturated carbocycles. The first-order valence-corrected chi connectivity index (χ1v) is 11.0. The van der Waals surface area contributed by atoms with Crippen LogP contribution in [0.5, 0.6) is 11.5 Å². The summed E-state index contributed by atoms with van der Waals surface area (Å²) >= 11 is 0. The van der Waals surface area contributed by atoms with Crippen molar-refractivity contribution in [1.29, 1.82) is 0 Å². The molecule has 3 N–H and O–H groups in total. The minimum absolute atomic E-state index is 0.294. The van der Waals surface area contributed by atoms with Crippen molar-refractivity contribution in [2.75, 3.05) is 29.6 Å². The molecule has 0 aliphatic heterocycles. The Morgan fingerprint density at radius 1 is 0.818 bits per heavy atom. The molecule has 0 fully saturated rings. The lowest BCUT2D eigenvalue weighted by Gasteiger charge is -2.15. The van der Waals surface area contributed by atoms with E-state index in [1.54, 1.807) is 56.7 Å². The van der Waals surface area contributed by atoms with E-state index in [2.05, 4.69) is 25.3 Å². The van der Waals surface area contributed by atoms with Crippen molar-refractivity contribution >= 4 is 51.4 Å². The number of methoxy groups -OCH3 is 2. The van der Waals surface area contributed by atoms with E-state index in [9.17, 15) is 9.00 Å². The highest BCUT2D eigenvalue weighted by Crippen LogP contribution is 2.31. The van der Waals surface area contributed by atoms with Crippen LogP contribution in [0, 0.1) is 0 Å². The van der Waals surface area contributed by atoms with Crippen molar-refractivity contribution in [2.45, 2.75) is 4.90 Å². The Balaban J connectivity index is 1.71. The van der Waals surface area contributed by atoms with Crippen molar-refractivity contribution in [2.24, 2.45) is 0 Å². The van der Waals surface area contributed by atoms with Crippen molar-refractivity contribution in [3.05, 3.63) is 66.7 Å². The normalized spacial score (nSPS) is 11.5. The van der Waals surface area contributed by atoms with Gasteiger partial charge in [0.2, 0.25) is 6.41 Å². The Morgan fingerprint density at radius 2 is 1.48 bits per heavy atom. The molecule has 4 aromatic rings. The highest BCUT2D eigenvalue weighted by molar-refractivity contribution is 7.86. The number of para-hydroxylation sites is 2. The van der Waals surface area contributed by atoms with E-state index in [1.807, 2.05) is 24.3 Å². The lowest BCUT2D eigenvalue weighted by molar-refractivity contribution is -0.105. The van der Waals surface area contributed by atoms with Gasteiger partial charge in [0, 0.05) is 29.6 Å². The zero-order valence-corrected chi connectivity index (χ0v) is 18.7. The molecule has 1 heterocycles. The Hall–Kier alpha value is -4.18. The number of hydrogen-bond acceptors (Lipinski definition) is 7. The maximum atomic E-state index is 13.1. The summed E-state index contributed by atoms with van der Waals surface area (Å²) in [6.45, 7) is 0. The number of amides is 1. The molecule has 0 saturated heterocycles. The molecular weight excluding hydrogens is 442 g/mol. The van der Waals surface area contributed by atoms with Gasteiger partial charge in [-0.15, -0.1) is 0 Å². The second-order valence-corrected chi connectivity index (χ2v) is 8.01. The molecule has 168 valence electrons. The number of carbonyl (C=O) groups excluding carboxylic acids is 1. The molecule has 9 nitrogen and oxygen atoms in total.